The largest absolute Gasteiger partial charge is 0.488 e. The molecule has 3 rings (SSSR count). The minimum atomic E-state index is -3.81. The molecule has 0 unspecified atom stereocenters. The average molecular weight is 412 g/mol. The van der Waals surface area contributed by atoms with Crippen LogP contribution in [0.1, 0.15) is 12.5 Å². The Bertz CT molecular complexity index is 1120. The maximum atomic E-state index is 13.5. The summed E-state index contributed by atoms with van der Waals surface area (Å²) in [4.78, 5) is 2.19. The SMILES string of the molecule is CCN(Cc1ccccc1B(O)O)S(=O)(=O)c1cccc2c(N(C)C)cccc12. The molecule has 0 aliphatic heterocycles. The lowest BCUT2D eigenvalue weighted by Gasteiger charge is -2.23. The molecule has 8 heteroatoms. The quantitative estimate of drug-likeness (QED) is 0.579. The molecule has 2 N–H and O–H groups in total. The Balaban J connectivity index is 2.09. The van der Waals surface area contributed by atoms with Crippen LogP contribution in [0.3, 0.4) is 0 Å². The van der Waals surface area contributed by atoms with Gasteiger partial charge in [0.1, 0.15) is 0 Å². The van der Waals surface area contributed by atoms with Crippen molar-refractivity contribution in [3.8, 4) is 0 Å². The van der Waals surface area contributed by atoms with Crippen LogP contribution in [-0.2, 0) is 16.6 Å². The third kappa shape index (κ3) is 4.16. The van der Waals surface area contributed by atoms with Gasteiger partial charge in [-0.25, -0.2) is 8.42 Å². The van der Waals surface area contributed by atoms with Crippen LogP contribution in [0.2, 0.25) is 0 Å². The highest BCUT2D eigenvalue weighted by atomic mass is 32.2. The number of fused-ring (bicyclic) bond motifs is 1. The van der Waals surface area contributed by atoms with Crippen molar-refractivity contribution in [2.75, 3.05) is 25.5 Å². The first-order valence-corrected chi connectivity index (χ1v) is 10.8. The van der Waals surface area contributed by atoms with Crippen molar-refractivity contribution in [1.82, 2.24) is 4.31 Å². The first-order chi connectivity index (χ1) is 13.8. The number of hydrogen-bond acceptors (Lipinski definition) is 5. The number of hydrogen-bond donors (Lipinski definition) is 2. The van der Waals surface area contributed by atoms with E-state index < -0.39 is 17.1 Å². The van der Waals surface area contributed by atoms with E-state index in [1.807, 2.05) is 43.3 Å². The third-order valence-electron chi connectivity index (χ3n) is 4.99. The fourth-order valence-electron chi connectivity index (χ4n) is 3.51. The Morgan fingerprint density at radius 3 is 2.21 bits per heavy atom. The Hall–Kier alpha value is -2.39. The Kier molecular flexibility index (Phi) is 6.28. The molecule has 6 nitrogen and oxygen atoms in total. The van der Waals surface area contributed by atoms with Crippen molar-refractivity contribution in [3.05, 3.63) is 66.2 Å². The molecule has 0 aliphatic rings. The lowest BCUT2D eigenvalue weighted by atomic mass is 9.77. The molecule has 29 heavy (non-hydrogen) atoms. The van der Waals surface area contributed by atoms with Crippen LogP contribution in [0.4, 0.5) is 5.69 Å². The summed E-state index contributed by atoms with van der Waals surface area (Å²) in [6, 6.07) is 17.6. The van der Waals surface area contributed by atoms with E-state index in [0.717, 1.165) is 11.1 Å². The molecule has 0 bridgehead atoms. The van der Waals surface area contributed by atoms with E-state index in [2.05, 4.69) is 0 Å². The van der Waals surface area contributed by atoms with Crippen LogP contribution in [0.5, 0.6) is 0 Å². The minimum absolute atomic E-state index is 0.0520. The van der Waals surface area contributed by atoms with E-state index in [9.17, 15) is 18.5 Å². The standard InChI is InChI=1S/C21H25BN2O4S/c1-4-24(15-16-9-5-6-12-19(16)22(25)26)29(27,28)21-14-8-10-17-18(21)11-7-13-20(17)23(2)3/h5-14,25-26H,4,15H2,1-3H3. The number of benzene rings is 3. The predicted octanol–water partition coefficient (Wildman–Crippen LogP) is 1.80. The summed E-state index contributed by atoms with van der Waals surface area (Å²) in [6.45, 7) is 2.07. The molecule has 0 radical (unpaired) electrons. The highest BCUT2D eigenvalue weighted by Gasteiger charge is 2.27. The molecule has 0 saturated carbocycles. The molecule has 0 heterocycles. The topological polar surface area (TPSA) is 81.1 Å². The zero-order valence-electron chi connectivity index (χ0n) is 16.8. The second-order valence-corrected chi connectivity index (χ2v) is 8.93. The zero-order valence-corrected chi connectivity index (χ0v) is 17.6. The summed E-state index contributed by atoms with van der Waals surface area (Å²) in [5.41, 5.74) is 1.80. The van der Waals surface area contributed by atoms with E-state index >= 15 is 0 Å². The maximum absolute atomic E-state index is 13.5. The van der Waals surface area contributed by atoms with Crippen LogP contribution in [-0.4, -0.2) is 50.5 Å². The number of anilines is 1. The van der Waals surface area contributed by atoms with E-state index in [4.69, 9.17) is 0 Å². The summed E-state index contributed by atoms with van der Waals surface area (Å²) in [5.74, 6) is 0. The smallest absolute Gasteiger partial charge is 0.423 e. The van der Waals surface area contributed by atoms with Gasteiger partial charge in [-0.2, -0.15) is 4.31 Å². The summed E-state index contributed by atoms with van der Waals surface area (Å²) in [7, 11) is -1.62. The lowest BCUT2D eigenvalue weighted by Crippen LogP contribution is -2.37. The highest BCUT2D eigenvalue weighted by Crippen LogP contribution is 2.32. The number of rotatable bonds is 7. The molecule has 0 fully saturated rings. The van der Waals surface area contributed by atoms with Gasteiger partial charge in [-0.15, -0.1) is 0 Å². The van der Waals surface area contributed by atoms with Crippen LogP contribution in [0, 0.1) is 0 Å². The van der Waals surface area contributed by atoms with Crippen LogP contribution in [0.15, 0.2) is 65.6 Å². The van der Waals surface area contributed by atoms with Gasteiger partial charge in [0, 0.05) is 43.6 Å². The number of nitrogens with zero attached hydrogens (tertiary/aromatic N) is 2. The van der Waals surface area contributed by atoms with Gasteiger partial charge in [-0.3, -0.25) is 0 Å². The Labute approximate surface area is 172 Å². The molecule has 0 spiro atoms. The maximum Gasteiger partial charge on any atom is 0.488 e. The first kappa shape index (κ1) is 21.3. The molecule has 152 valence electrons. The monoisotopic (exact) mass is 412 g/mol. The van der Waals surface area contributed by atoms with E-state index in [1.54, 1.807) is 43.3 Å². The summed E-state index contributed by atoms with van der Waals surface area (Å²) in [5, 5.41) is 20.8. The normalized spacial score (nSPS) is 11.8. The molecule has 0 aliphatic carbocycles. The highest BCUT2D eigenvalue weighted by molar-refractivity contribution is 7.89. The molecule has 0 atom stereocenters. The predicted molar refractivity (Wildman–Crippen MR) is 118 cm³/mol. The van der Waals surface area contributed by atoms with Gasteiger partial charge in [0.05, 0.1) is 4.90 Å². The van der Waals surface area contributed by atoms with E-state index in [1.165, 1.54) is 4.31 Å². The molecule has 0 aromatic heterocycles. The van der Waals surface area contributed by atoms with Gasteiger partial charge in [-0.05, 0) is 23.2 Å². The average Bonchev–Trinajstić information content (AvgIpc) is 2.70. The van der Waals surface area contributed by atoms with Gasteiger partial charge in [0.2, 0.25) is 10.0 Å². The van der Waals surface area contributed by atoms with Crippen molar-refractivity contribution >= 4 is 39.1 Å². The second-order valence-electron chi connectivity index (χ2n) is 7.03. The van der Waals surface area contributed by atoms with Crippen molar-refractivity contribution in [2.45, 2.75) is 18.4 Å². The fourth-order valence-corrected chi connectivity index (χ4v) is 5.14. The van der Waals surface area contributed by atoms with Crippen LogP contribution in [0.25, 0.3) is 10.8 Å². The van der Waals surface area contributed by atoms with Crippen molar-refractivity contribution in [1.29, 1.82) is 0 Å². The first-order valence-electron chi connectivity index (χ1n) is 9.40. The zero-order chi connectivity index (χ0) is 21.2. The minimum Gasteiger partial charge on any atom is -0.423 e. The molecule has 0 saturated heterocycles. The third-order valence-corrected chi connectivity index (χ3v) is 6.97. The summed E-state index contributed by atoms with van der Waals surface area (Å²) >= 11 is 0. The van der Waals surface area contributed by atoms with Crippen molar-refractivity contribution in [2.24, 2.45) is 0 Å². The fraction of sp³-hybridized carbons (Fsp3) is 0.238. The van der Waals surface area contributed by atoms with Gasteiger partial charge >= 0.3 is 7.12 Å². The molecular weight excluding hydrogens is 387 g/mol. The molecule has 0 amide bonds. The summed E-state index contributed by atoms with van der Waals surface area (Å²) < 4.78 is 28.4. The van der Waals surface area contributed by atoms with Gasteiger partial charge in [0.25, 0.3) is 0 Å². The van der Waals surface area contributed by atoms with Crippen molar-refractivity contribution in [3.63, 3.8) is 0 Å². The molecule has 3 aromatic carbocycles. The van der Waals surface area contributed by atoms with Gasteiger partial charge < -0.3 is 14.9 Å². The van der Waals surface area contributed by atoms with Crippen molar-refractivity contribution < 1.29 is 18.5 Å². The summed E-state index contributed by atoms with van der Waals surface area (Å²) in [6.07, 6.45) is 0. The van der Waals surface area contributed by atoms with Gasteiger partial charge in [0.15, 0.2) is 0 Å². The molecular formula is C21H25BN2O4S. The molecule has 3 aromatic rings. The lowest BCUT2D eigenvalue weighted by molar-refractivity contribution is 0.415. The van der Waals surface area contributed by atoms with E-state index in [-0.39, 0.29) is 18.0 Å². The second kappa shape index (κ2) is 8.55. The van der Waals surface area contributed by atoms with E-state index in [0.29, 0.717) is 16.4 Å². The van der Waals surface area contributed by atoms with Crippen LogP contribution >= 0.6 is 0 Å². The number of sulfonamides is 1. The Morgan fingerprint density at radius 1 is 0.897 bits per heavy atom. The van der Waals surface area contributed by atoms with Crippen LogP contribution < -0.4 is 10.4 Å². The van der Waals surface area contributed by atoms with Gasteiger partial charge in [-0.1, -0.05) is 55.5 Å². The Morgan fingerprint density at radius 2 is 1.55 bits per heavy atom.